The van der Waals surface area contributed by atoms with Crippen LogP contribution in [0.4, 0.5) is 11.5 Å². The molecule has 2 heterocycles. The number of pyridine rings is 2. The summed E-state index contributed by atoms with van der Waals surface area (Å²) in [6.45, 7) is 6.56. The third-order valence-electron chi connectivity index (χ3n) is 6.29. The van der Waals surface area contributed by atoms with Crippen molar-refractivity contribution in [2.45, 2.75) is 58.4 Å². The predicted molar refractivity (Wildman–Crippen MR) is 149 cm³/mol. The molecule has 4 rings (SSSR count). The Kier molecular flexibility index (Phi) is 9.33. The van der Waals surface area contributed by atoms with E-state index in [-0.39, 0.29) is 5.91 Å². The molecule has 3 aromatic rings. The quantitative estimate of drug-likeness (QED) is 0.364. The molecule has 1 aliphatic rings. The number of nitriles is 1. The Morgan fingerprint density at radius 1 is 1.09 bits per heavy atom. The number of aryl methyl sites for hydroxylation is 1. The molecule has 2 unspecified atom stereocenters. The Labute approximate surface area is 213 Å². The number of hydrogen-bond donors (Lipinski definition) is 0. The second-order valence-electron chi connectivity index (χ2n) is 8.44. The molecule has 2 atom stereocenters. The maximum atomic E-state index is 13.5. The van der Waals surface area contributed by atoms with Crippen LogP contribution in [-0.4, -0.2) is 15.9 Å². The molecular weight excluding hydrogens is 472 g/mol. The second kappa shape index (κ2) is 12.2. The molecule has 1 amide bonds. The highest BCUT2D eigenvalue weighted by molar-refractivity contribution is 7.21. The van der Waals surface area contributed by atoms with Crippen LogP contribution in [0.2, 0.25) is 0 Å². The minimum Gasteiger partial charge on any atom is -0.336 e. The van der Waals surface area contributed by atoms with E-state index in [4.69, 9.17) is 0 Å². The van der Waals surface area contributed by atoms with Crippen molar-refractivity contribution in [1.82, 2.24) is 9.97 Å². The first-order valence-electron chi connectivity index (χ1n) is 11.9. The van der Waals surface area contributed by atoms with Crippen molar-refractivity contribution < 1.29 is 4.79 Å². The summed E-state index contributed by atoms with van der Waals surface area (Å²) in [6, 6.07) is 16.0. The number of anilines is 2. The highest BCUT2D eigenvalue weighted by Crippen LogP contribution is 2.42. The predicted octanol–water partition coefficient (Wildman–Crippen LogP) is 6.38. The summed E-state index contributed by atoms with van der Waals surface area (Å²) in [7, 11) is 5.19. The van der Waals surface area contributed by atoms with E-state index >= 15 is 0 Å². The molecule has 6 nitrogen and oxygen atoms in total. The monoisotopic (exact) mass is 505 g/mol. The van der Waals surface area contributed by atoms with E-state index < -0.39 is 5.41 Å². The van der Waals surface area contributed by atoms with Crippen molar-refractivity contribution in [1.29, 1.82) is 5.26 Å². The molecule has 8 heteroatoms. The smallest absolute Gasteiger partial charge is 0.264 e. The minimum absolute atomic E-state index is 0.169. The van der Waals surface area contributed by atoms with Crippen LogP contribution in [-0.2, 0) is 12.0 Å². The fourth-order valence-corrected chi connectivity index (χ4v) is 5.30. The average molecular weight is 506 g/mol. The van der Waals surface area contributed by atoms with Gasteiger partial charge in [0.25, 0.3) is 5.91 Å². The Morgan fingerprint density at radius 2 is 1.77 bits per heavy atom. The maximum Gasteiger partial charge on any atom is 0.264 e. The largest absolute Gasteiger partial charge is 0.336 e. The van der Waals surface area contributed by atoms with E-state index in [9.17, 15) is 10.1 Å². The SMILES string of the molecule is CC.Cc1cc(C2(C#N)CCCC2)ccc1N(P)C(=O)c1cccnc1N(P)Cc1ccncc1. The van der Waals surface area contributed by atoms with Crippen molar-refractivity contribution in [3.05, 3.63) is 83.3 Å². The lowest BCUT2D eigenvalue weighted by Gasteiger charge is -2.26. The lowest BCUT2D eigenvalue weighted by Crippen LogP contribution is -2.25. The van der Waals surface area contributed by atoms with Crippen molar-refractivity contribution in [3.63, 3.8) is 0 Å². The third kappa shape index (κ3) is 5.87. The lowest BCUT2D eigenvalue weighted by molar-refractivity contribution is 0.101. The van der Waals surface area contributed by atoms with Gasteiger partial charge < -0.3 is 4.67 Å². The molecule has 0 saturated heterocycles. The maximum absolute atomic E-state index is 13.5. The molecule has 2 aromatic heterocycles. The van der Waals surface area contributed by atoms with Crippen LogP contribution in [0.25, 0.3) is 0 Å². The number of hydrogen-bond acceptors (Lipinski definition) is 5. The van der Waals surface area contributed by atoms with Gasteiger partial charge in [-0.1, -0.05) is 38.8 Å². The average Bonchev–Trinajstić information content (AvgIpc) is 3.40. The summed E-state index contributed by atoms with van der Waals surface area (Å²) in [5, 5.41) is 9.83. The molecular formula is C27H33N5OP2. The van der Waals surface area contributed by atoms with Crippen LogP contribution in [0.5, 0.6) is 0 Å². The van der Waals surface area contributed by atoms with Crippen molar-refractivity contribution >= 4 is 36.2 Å². The molecule has 1 aliphatic carbocycles. The van der Waals surface area contributed by atoms with E-state index in [0.29, 0.717) is 17.9 Å². The number of benzene rings is 1. The van der Waals surface area contributed by atoms with Gasteiger partial charge in [0.2, 0.25) is 0 Å². The van der Waals surface area contributed by atoms with Gasteiger partial charge in [0.05, 0.1) is 22.7 Å². The molecule has 35 heavy (non-hydrogen) atoms. The Hall–Kier alpha value is -2.86. The van der Waals surface area contributed by atoms with Crippen molar-refractivity contribution in [2.24, 2.45) is 0 Å². The molecule has 0 bridgehead atoms. The number of aromatic nitrogens is 2. The molecule has 1 saturated carbocycles. The Bertz CT molecular complexity index is 1190. The second-order valence-corrected chi connectivity index (χ2v) is 9.58. The van der Waals surface area contributed by atoms with Gasteiger partial charge in [0.15, 0.2) is 0 Å². The molecule has 182 valence electrons. The number of rotatable bonds is 6. The summed E-state index contributed by atoms with van der Waals surface area (Å²) in [5.74, 6) is 0.414. The first-order chi connectivity index (χ1) is 16.9. The van der Waals surface area contributed by atoms with Crippen LogP contribution in [0.15, 0.2) is 61.1 Å². The Morgan fingerprint density at radius 3 is 2.40 bits per heavy atom. The topological polar surface area (TPSA) is 73.1 Å². The summed E-state index contributed by atoms with van der Waals surface area (Å²) in [4.78, 5) is 22.0. The van der Waals surface area contributed by atoms with Gasteiger partial charge in [-0.3, -0.25) is 14.4 Å². The summed E-state index contributed by atoms with van der Waals surface area (Å²) >= 11 is 0. The van der Waals surface area contributed by atoms with Crippen LogP contribution in [0, 0.1) is 18.3 Å². The zero-order chi connectivity index (χ0) is 25.4. The van der Waals surface area contributed by atoms with Gasteiger partial charge in [-0.25, -0.2) is 4.98 Å². The summed E-state index contributed by atoms with van der Waals surface area (Å²) in [5.41, 5.74) is 3.97. The number of carbonyl (C=O) groups excluding carboxylic acids is 1. The molecule has 1 fully saturated rings. The minimum atomic E-state index is -0.400. The van der Waals surface area contributed by atoms with E-state index in [0.717, 1.165) is 48.1 Å². The fourth-order valence-electron chi connectivity index (χ4n) is 4.46. The van der Waals surface area contributed by atoms with E-state index in [1.807, 2.05) is 49.7 Å². The highest BCUT2D eigenvalue weighted by Gasteiger charge is 2.36. The van der Waals surface area contributed by atoms with E-state index in [1.54, 1.807) is 35.4 Å². The fraction of sp³-hybridized carbons (Fsp3) is 0.333. The number of nitrogens with zero attached hydrogens (tertiary/aromatic N) is 5. The van der Waals surface area contributed by atoms with E-state index in [2.05, 4.69) is 40.9 Å². The van der Waals surface area contributed by atoms with Crippen LogP contribution in [0.1, 0.15) is 66.6 Å². The van der Waals surface area contributed by atoms with Crippen molar-refractivity contribution in [3.8, 4) is 6.07 Å². The van der Waals surface area contributed by atoms with E-state index in [1.165, 1.54) is 0 Å². The van der Waals surface area contributed by atoms with Gasteiger partial charge in [-0.2, -0.15) is 5.26 Å². The zero-order valence-corrected chi connectivity index (χ0v) is 22.9. The molecule has 0 radical (unpaired) electrons. The standard InChI is InChI=1S/C25H27N5OP2.C2H6/c1-18-15-20(25(17-26)10-2-3-11-25)6-7-22(18)30(33)24(31)21-5-4-12-28-23(21)29(32)16-19-8-13-27-14-9-19;1-2/h4-9,12-15H,2-3,10-11,16,32-33H2,1H3;1-2H3. The summed E-state index contributed by atoms with van der Waals surface area (Å²) < 4.78 is 3.46. The normalized spacial score (nSPS) is 13.8. The highest BCUT2D eigenvalue weighted by atomic mass is 31.0. The van der Waals surface area contributed by atoms with Gasteiger partial charge in [-0.05, 0) is 85.6 Å². The zero-order valence-electron chi connectivity index (χ0n) is 20.6. The van der Waals surface area contributed by atoms with Gasteiger partial charge in [-0.15, -0.1) is 0 Å². The number of amides is 1. The molecule has 1 aromatic carbocycles. The van der Waals surface area contributed by atoms with Gasteiger partial charge in [0.1, 0.15) is 5.82 Å². The van der Waals surface area contributed by atoms with Gasteiger partial charge in [0, 0.05) is 25.1 Å². The lowest BCUT2D eigenvalue weighted by atomic mass is 9.80. The first kappa shape index (κ1) is 26.7. The van der Waals surface area contributed by atoms with Crippen LogP contribution >= 0.6 is 18.8 Å². The number of carbonyl (C=O) groups is 1. The van der Waals surface area contributed by atoms with Crippen molar-refractivity contribution in [2.75, 3.05) is 9.34 Å². The third-order valence-corrected chi connectivity index (χ3v) is 7.23. The van der Waals surface area contributed by atoms with Gasteiger partial charge >= 0.3 is 0 Å². The Balaban J connectivity index is 0.00000167. The van der Waals surface area contributed by atoms with Crippen LogP contribution < -0.4 is 9.34 Å². The molecule has 0 spiro atoms. The molecule has 0 aliphatic heterocycles. The van der Waals surface area contributed by atoms with Crippen LogP contribution in [0.3, 0.4) is 0 Å². The summed E-state index contributed by atoms with van der Waals surface area (Å²) in [6.07, 6.45) is 9.13. The first-order valence-corrected chi connectivity index (χ1v) is 13.0. The molecule has 0 N–H and O–H groups in total.